The molecule has 1 aromatic heterocycles. The first-order valence-corrected chi connectivity index (χ1v) is 5.88. The molecule has 0 aliphatic heterocycles. The molecule has 0 fully saturated rings. The van der Waals surface area contributed by atoms with Gasteiger partial charge in [0.15, 0.2) is 0 Å². The monoisotopic (exact) mass is 261 g/mol. The van der Waals surface area contributed by atoms with Crippen LogP contribution in [-0.4, -0.2) is 28.7 Å². The number of hydrogen-bond donors (Lipinski definition) is 1. The van der Waals surface area contributed by atoms with E-state index in [-0.39, 0.29) is 0 Å². The lowest BCUT2D eigenvalue weighted by Gasteiger charge is -2.06. The van der Waals surface area contributed by atoms with E-state index in [2.05, 4.69) is 22.9 Å². The maximum atomic E-state index is 11.2. The van der Waals surface area contributed by atoms with Crippen molar-refractivity contribution in [2.75, 3.05) is 7.11 Å². The topological polar surface area (TPSA) is 70.1 Å². The Bertz CT molecular complexity index is 489. The van der Waals surface area contributed by atoms with Gasteiger partial charge < -0.3 is 15.0 Å². The first-order valence-electron chi connectivity index (χ1n) is 5.88. The number of hydrogen-bond acceptors (Lipinski definition) is 4. The highest BCUT2D eigenvalue weighted by molar-refractivity contribution is 5.75. The van der Waals surface area contributed by atoms with Gasteiger partial charge in [0.1, 0.15) is 6.04 Å². The highest BCUT2D eigenvalue weighted by Gasteiger charge is 2.15. The van der Waals surface area contributed by atoms with Gasteiger partial charge in [0, 0.05) is 19.2 Å². The molecule has 0 radical (unpaired) electrons. The number of allylic oxidation sites excluding steroid dienone is 4. The third-order valence-corrected chi connectivity index (χ3v) is 2.58. The summed E-state index contributed by atoms with van der Waals surface area (Å²) in [5.41, 5.74) is 7.45. The van der Waals surface area contributed by atoms with Gasteiger partial charge in [0.05, 0.1) is 19.1 Å². The average Bonchev–Trinajstić information content (AvgIpc) is 2.84. The van der Waals surface area contributed by atoms with Gasteiger partial charge in [-0.05, 0) is 5.57 Å². The SMILES string of the molecule is C=C/C=C(\C=C)Cn1cnc(CC(N)C(=O)OC)c1. The number of carbonyl (C=O) groups excluding carboxylic acids is 1. The van der Waals surface area contributed by atoms with E-state index in [1.165, 1.54) is 7.11 Å². The highest BCUT2D eigenvalue weighted by Crippen LogP contribution is 2.05. The number of rotatable bonds is 7. The molecule has 0 aromatic carbocycles. The Balaban J connectivity index is 2.67. The Kier molecular flexibility index (Phi) is 5.75. The summed E-state index contributed by atoms with van der Waals surface area (Å²) < 4.78 is 6.47. The lowest BCUT2D eigenvalue weighted by atomic mass is 10.2. The molecule has 0 spiro atoms. The van der Waals surface area contributed by atoms with E-state index < -0.39 is 12.0 Å². The van der Waals surface area contributed by atoms with Crippen LogP contribution in [0, 0.1) is 0 Å². The minimum absolute atomic E-state index is 0.355. The van der Waals surface area contributed by atoms with Crippen molar-refractivity contribution in [3.63, 3.8) is 0 Å². The minimum Gasteiger partial charge on any atom is -0.468 e. The molecule has 0 aliphatic carbocycles. The zero-order valence-electron chi connectivity index (χ0n) is 11.1. The second kappa shape index (κ2) is 7.33. The van der Waals surface area contributed by atoms with Crippen LogP contribution in [0.4, 0.5) is 0 Å². The van der Waals surface area contributed by atoms with Gasteiger partial charge in [-0.2, -0.15) is 0 Å². The number of aromatic nitrogens is 2. The second-order valence-electron chi connectivity index (χ2n) is 4.05. The summed E-state index contributed by atoms with van der Waals surface area (Å²) in [4.78, 5) is 15.4. The number of methoxy groups -OCH3 is 1. The van der Waals surface area contributed by atoms with Crippen molar-refractivity contribution < 1.29 is 9.53 Å². The van der Waals surface area contributed by atoms with Crippen molar-refractivity contribution in [3.05, 3.63) is 55.2 Å². The van der Waals surface area contributed by atoms with E-state index >= 15 is 0 Å². The Hall–Kier alpha value is -2.14. The molecular weight excluding hydrogens is 242 g/mol. The molecule has 102 valence electrons. The molecule has 0 aliphatic rings. The Morgan fingerprint density at radius 2 is 2.37 bits per heavy atom. The van der Waals surface area contributed by atoms with E-state index in [0.717, 1.165) is 11.3 Å². The number of imidazole rings is 1. The van der Waals surface area contributed by atoms with E-state index in [1.54, 1.807) is 18.5 Å². The van der Waals surface area contributed by atoms with Crippen molar-refractivity contribution >= 4 is 5.97 Å². The lowest BCUT2D eigenvalue weighted by Crippen LogP contribution is -2.33. The van der Waals surface area contributed by atoms with Crippen LogP contribution in [0.5, 0.6) is 0 Å². The first-order chi connectivity index (χ1) is 9.10. The van der Waals surface area contributed by atoms with Crippen molar-refractivity contribution in [3.8, 4) is 0 Å². The molecule has 1 atom stereocenters. The van der Waals surface area contributed by atoms with Gasteiger partial charge >= 0.3 is 5.97 Å². The Morgan fingerprint density at radius 3 is 2.95 bits per heavy atom. The molecule has 1 unspecified atom stereocenters. The van der Waals surface area contributed by atoms with Gasteiger partial charge in [0.2, 0.25) is 0 Å². The van der Waals surface area contributed by atoms with Crippen molar-refractivity contribution in [2.24, 2.45) is 5.73 Å². The fraction of sp³-hybridized carbons (Fsp3) is 0.286. The normalized spacial score (nSPS) is 12.8. The van der Waals surface area contributed by atoms with Gasteiger partial charge in [-0.1, -0.05) is 31.4 Å². The van der Waals surface area contributed by atoms with Crippen LogP contribution in [0.2, 0.25) is 0 Å². The van der Waals surface area contributed by atoms with Crippen LogP contribution in [-0.2, 0) is 22.5 Å². The predicted molar refractivity (Wildman–Crippen MR) is 74.4 cm³/mol. The fourth-order valence-corrected chi connectivity index (χ4v) is 1.61. The van der Waals surface area contributed by atoms with Gasteiger partial charge in [-0.25, -0.2) is 4.98 Å². The molecule has 19 heavy (non-hydrogen) atoms. The average molecular weight is 261 g/mol. The quantitative estimate of drug-likeness (QED) is 0.592. The predicted octanol–water partition coefficient (Wildman–Crippen LogP) is 1.22. The van der Waals surface area contributed by atoms with Crippen molar-refractivity contribution in [2.45, 2.75) is 19.0 Å². The third-order valence-electron chi connectivity index (χ3n) is 2.58. The fourth-order valence-electron chi connectivity index (χ4n) is 1.61. The van der Waals surface area contributed by atoms with Crippen LogP contribution < -0.4 is 5.73 Å². The molecule has 1 aromatic rings. The van der Waals surface area contributed by atoms with Crippen LogP contribution in [0.1, 0.15) is 5.69 Å². The maximum Gasteiger partial charge on any atom is 0.323 e. The number of nitrogens with two attached hydrogens (primary N) is 1. The van der Waals surface area contributed by atoms with Crippen LogP contribution in [0.25, 0.3) is 0 Å². The van der Waals surface area contributed by atoms with Crippen molar-refractivity contribution in [1.29, 1.82) is 0 Å². The van der Waals surface area contributed by atoms with E-state index in [9.17, 15) is 4.79 Å². The largest absolute Gasteiger partial charge is 0.468 e. The number of esters is 1. The van der Waals surface area contributed by atoms with Crippen molar-refractivity contribution in [1.82, 2.24) is 9.55 Å². The molecule has 5 nitrogen and oxygen atoms in total. The summed E-state index contributed by atoms with van der Waals surface area (Å²) >= 11 is 0. The molecule has 0 saturated carbocycles. The van der Waals surface area contributed by atoms with E-state index in [0.29, 0.717) is 13.0 Å². The second-order valence-corrected chi connectivity index (χ2v) is 4.05. The molecule has 1 heterocycles. The standard InChI is InChI=1S/C14H19N3O2/c1-4-6-11(5-2)8-17-9-12(16-10-17)7-13(15)14(18)19-3/h4-6,9-10,13H,1-2,7-8,15H2,3H3/b11-6+. The summed E-state index contributed by atoms with van der Waals surface area (Å²) in [6.45, 7) is 8.03. The first kappa shape index (κ1) is 14.9. The minimum atomic E-state index is -0.684. The molecule has 2 N–H and O–H groups in total. The molecule has 0 amide bonds. The number of nitrogens with zero attached hydrogens (tertiary/aromatic N) is 2. The van der Waals surface area contributed by atoms with Crippen LogP contribution >= 0.6 is 0 Å². The lowest BCUT2D eigenvalue weighted by molar-refractivity contribution is -0.142. The van der Waals surface area contributed by atoms with E-state index in [4.69, 9.17) is 5.73 Å². The molecule has 0 bridgehead atoms. The maximum absolute atomic E-state index is 11.2. The summed E-state index contributed by atoms with van der Waals surface area (Å²) in [6.07, 6.45) is 9.26. The molecule has 5 heteroatoms. The zero-order valence-corrected chi connectivity index (χ0v) is 11.1. The molecular formula is C14H19N3O2. The van der Waals surface area contributed by atoms with Gasteiger partial charge in [-0.15, -0.1) is 0 Å². The van der Waals surface area contributed by atoms with Crippen LogP contribution in [0.15, 0.2) is 49.5 Å². The molecule has 1 rings (SSSR count). The number of ether oxygens (including phenoxy) is 1. The summed E-state index contributed by atoms with van der Waals surface area (Å²) in [5, 5.41) is 0. The Morgan fingerprint density at radius 1 is 1.63 bits per heavy atom. The Labute approximate surface area is 113 Å². The molecule has 0 saturated heterocycles. The summed E-state index contributed by atoms with van der Waals surface area (Å²) in [6, 6.07) is -0.684. The number of carbonyl (C=O) groups is 1. The highest BCUT2D eigenvalue weighted by atomic mass is 16.5. The smallest absolute Gasteiger partial charge is 0.323 e. The van der Waals surface area contributed by atoms with E-state index in [1.807, 2.05) is 16.8 Å². The van der Waals surface area contributed by atoms with Crippen LogP contribution in [0.3, 0.4) is 0 Å². The van der Waals surface area contributed by atoms with Gasteiger partial charge in [0.25, 0.3) is 0 Å². The summed E-state index contributed by atoms with van der Waals surface area (Å²) in [5.74, 6) is -0.437. The zero-order chi connectivity index (χ0) is 14.3. The summed E-state index contributed by atoms with van der Waals surface area (Å²) in [7, 11) is 1.32. The van der Waals surface area contributed by atoms with Gasteiger partial charge in [-0.3, -0.25) is 4.79 Å². The third kappa shape index (κ3) is 4.56.